The Morgan fingerprint density at radius 1 is 1.00 bits per heavy atom. The number of esters is 1. The third-order valence-electron chi connectivity index (χ3n) is 6.31. The van der Waals surface area contributed by atoms with E-state index in [1.54, 1.807) is 20.8 Å². The van der Waals surface area contributed by atoms with Gasteiger partial charge < -0.3 is 40.3 Å². The molecule has 0 aromatic rings. The summed E-state index contributed by atoms with van der Waals surface area (Å²) < 4.78 is 64.4. The molecule has 1 aliphatic carbocycles. The van der Waals surface area contributed by atoms with Crippen molar-refractivity contribution < 1.29 is 70.2 Å². The Labute approximate surface area is 244 Å². The highest BCUT2D eigenvalue weighted by Gasteiger charge is 2.44. The minimum Gasteiger partial charge on any atom is -0.460 e. The number of rotatable bonds is 16. The second-order valence-corrected chi connectivity index (χ2v) is 15.8. The minimum atomic E-state index is -5.69. The van der Waals surface area contributed by atoms with Gasteiger partial charge in [-0.2, -0.15) is 8.62 Å². The van der Waals surface area contributed by atoms with Crippen molar-refractivity contribution in [1.29, 1.82) is 0 Å². The van der Waals surface area contributed by atoms with Gasteiger partial charge in [0.1, 0.15) is 11.7 Å². The Morgan fingerprint density at radius 2 is 1.60 bits per heavy atom. The number of aliphatic hydroxyl groups excluding tert-OH is 1. The first-order valence-corrected chi connectivity index (χ1v) is 18.0. The lowest BCUT2D eigenvalue weighted by molar-refractivity contribution is -0.155. The van der Waals surface area contributed by atoms with Crippen LogP contribution in [-0.2, 0) is 50.4 Å². The number of phosphoric acid groups is 3. The van der Waals surface area contributed by atoms with Crippen molar-refractivity contribution in [2.45, 2.75) is 102 Å². The van der Waals surface area contributed by atoms with Crippen molar-refractivity contribution in [3.63, 3.8) is 0 Å². The van der Waals surface area contributed by atoms with Crippen molar-refractivity contribution in [2.75, 3.05) is 19.8 Å². The number of amides is 1. The van der Waals surface area contributed by atoms with E-state index in [1.165, 1.54) is 0 Å². The average Bonchev–Trinajstić information content (AvgIpc) is 3.22. The van der Waals surface area contributed by atoms with E-state index in [4.69, 9.17) is 15.2 Å². The largest absolute Gasteiger partial charge is 0.490 e. The Bertz CT molecular complexity index is 1050. The molecule has 20 heteroatoms. The molecule has 0 spiro atoms. The molecule has 1 aliphatic heterocycles. The molecule has 1 amide bonds. The van der Waals surface area contributed by atoms with Gasteiger partial charge in [0.25, 0.3) is 0 Å². The predicted octanol–water partition coefficient (Wildman–Crippen LogP) is 2.02. The van der Waals surface area contributed by atoms with Crippen LogP contribution in [0.2, 0.25) is 0 Å². The first kappa shape index (κ1) is 37.4. The van der Waals surface area contributed by atoms with Crippen LogP contribution in [0.25, 0.3) is 0 Å². The van der Waals surface area contributed by atoms with E-state index in [9.17, 15) is 43.1 Å². The number of phosphoric ester groups is 2. The van der Waals surface area contributed by atoms with Crippen LogP contribution in [0.1, 0.15) is 72.1 Å². The summed E-state index contributed by atoms with van der Waals surface area (Å²) in [5.41, 5.74) is 5.00. The fraction of sp³-hybridized carbons (Fsp3) is 0.909. The second kappa shape index (κ2) is 16.0. The van der Waals surface area contributed by atoms with E-state index in [2.05, 4.69) is 23.0 Å². The molecule has 1 saturated carbocycles. The Hall–Kier alpha value is -0.770. The number of carbonyl (C=O) groups is 2. The zero-order chi connectivity index (χ0) is 31.8. The van der Waals surface area contributed by atoms with Gasteiger partial charge in [-0.05, 0) is 46.0 Å². The molecule has 5 unspecified atom stereocenters. The van der Waals surface area contributed by atoms with Crippen LogP contribution >= 0.6 is 23.5 Å². The third kappa shape index (κ3) is 14.3. The topological polar surface area (TPSA) is 260 Å². The molecular formula is C22H43N2O15P3. The van der Waals surface area contributed by atoms with E-state index in [0.717, 1.165) is 32.1 Å². The molecule has 246 valence electrons. The highest BCUT2D eigenvalue weighted by Crippen LogP contribution is 2.67. The highest BCUT2D eigenvalue weighted by molar-refractivity contribution is 7.66. The van der Waals surface area contributed by atoms with Crippen LogP contribution in [0.3, 0.4) is 0 Å². The van der Waals surface area contributed by atoms with Gasteiger partial charge >= 0.3 is 29.4 Å². The predicted molar refractivity (Wildman–Crippen MR) is 145 cm³/mol. The summed E-state index contributed by atoms with van der Waals surface area (Å²) >= 11 is 0. The van der Waals surface area contributed by atoms with Gasteiger partial charge in [0.05, 0.1) is 31.5 Å². The summed E-state index contributed by atoms with van der Waals surface area (Å²) in [6, 6.07) is -1.10. The molecule has 0 radical (unpaired) electrons. The Balaban J connectivity index is 1.71. The summed E-state index contributed by atoms with van der Waals surface area (Å²) in [6.45, 7) is 3.29. The summed E-state index contributed by atoms with van der Waals surface area (Å²) in [4.78, 5) is 53.0. The Morgan fingerprint density at radius 3 is 2.19 bits per heavy atom. The van der Waals surface area contributed by atoms with Gasteiger partial charge in [-0.15, -0.1) is 0 Å². The molecule has 17 nitrogen and oxygen atoms in total. The molecule has 1 heterocycles. The average molecular weight is 669 g/mol. The van der Waals surface area contributed by atoms with Crippen LogP contribution in [0.4, 0.5) is 0 Å². The smallest absolute Gasteiger partial charge is 0.460 e. The fourth-order valence-corrected chi connectivity index (χ4v) is 7.98. The van der Waals surface area contributed by atoms with E-state index < -0.39 is 79.0 Å². The lowest BCUT2D eigenvalue weighted by Gasteiger charge is -2.27. The van der Waals surface area contributed by atoms with Crippen LogP contribution in [0, 0.1) is 5.92 Å². The van der Waals surface area contributed by atoms with Gasteiger partial charge in [-0.25, -0.2) is 13.7 Å². The maximum Gasteiger partial charge on any atom is 0.490 e. The number of nitrogens with one attached hydrogen (secondary N) is 1. The molecule has 0 aromatic heterocycles. The Kier molecular flexibility index (Phi) is 14.2. The standard InChI is InChI=1S/C22H43N2O15P3/c1-22(2,3)37-20(26)10-9-16(23)21(27)24-11-12-34-40(28,29)38-42(32,33)39-41(30,31)35-14-19-17(25)13-18(36-19)15-7-5-4-6-8-15/h15-19,25H,4-14,23H2,1-3H3,(H,24,27)(H,28,29)(H,30,31)(H,32,33)/t16?,17?,18-,19-/m1/s1. The SMILES string of the molecule is CC(C)(C)OC(=O)CCC(N)C(=O)NCCOP(=O)(O)OP(=O)(O)OP(=O)(O)OC[C@H]1O[C@@H](C2CCCCC2)CC1O. The van der Waals surface area contributed by atoms with E-state index in [0.29, 0.717) is 6.42 Å². The fourth-order valence-electron chi connectivity index (χ4n) is 4.47. The summed E-state index contributed by atoms with van der Waals surface area (Å²) in [5, 5.41) is 12.5. The highest BCUT2D eigenvalue weighted by atomic mass is 31.3. The van der Waals surface area contributed by atoms with Crippen molar-refractivity contribution in [2.24, 2.45) is 11.7 Å². The normalized spacial score (nSPS) is 26.9. The number of hydrogen-bond acceptors (Lipinski definition) is 13. The van der Waals surface area contributed by atoms with E-state index in [-0.39, 0.29) is 24.9 Å². The van der Waals surface area contributed by atoms with Crippen LogP contribution in [-0.4, -0.2) is 81.4 Å². The van der Waals surface area contributed by atoms with Crippen molar-refractivity contribution in [3.05, 3.63) is 0 Å². The molecular weight excluding hydrogens is 625 g/mol. The van der Waals surface area contributed by atoms with Crippen LogP contribution in [0.15, 0.2) is 0 Å². The summed E-state index contributed by atoms with van der Waals surface area (Å²) in [7, 11) is -16.4. The molecule has 2 rings (SSSR count). The maximum absolute atomic E-state index is 12.2. The minimum absolute atomic E-state index is 0.0372. The van der Waals surface area contributed by atoms with Crippen molar-refractivity contribution in [3.8, 4) is 0 Å². The number of aliphatic hydroxyl groups is 1. The number of ether oxygens (including phenoxy) is 2. The first-order chi connectivity index (χ1) is 19.3. The van der Waals surface area contributed by atoms with Gasteiger partial charge in [0, 0.05) is 19.4 Å². The molecule has 7 atom stereocenters. The van der Waals surface area contributed by atoms with Crippen molar-refractivity contribution >= 4 is 35.3 Å². The zero-order valence-corrected chi connectivity index (χ0v) is 26.5. The molecule has 0 aromatic carbocycles. The van der Waals surface area contributed by atoms with Crippen molar-refractivity contribution in [1.82, 2.24) is 5.32 Å². The lowest BCUT2D eigenvalue weighted by Crippen LogP contribution is -2.42. The van der Waals surface area contributed by atoms with E-state index in [1.807, 2.05) is 0 Å². The van der Waals surface area contributed by atoms with Gasteiger partial charge in [-0.1, -0.05) is 19.3 Å². The number of carbonyl (C=O) groups excluding carboxylic acids is 2. The van der Waals surface area contributed by atoms with Crippen LogP contribution < -0.4 is 11.1 Å². The first-order valence-electron chi connectivity index (χ1n) is 13.6. The molecule has 2 fully saturated rings. The summed E-state index contributed by atoms with van der Waals surface area (Å²) in [6.07, 6.45) is 3.00. The van der Waals surface area contributed by atoms with Crippen LogP contribution in [0.5, 0.6) is 0 Å². The monoisotopic (exact) mass is 668 g/mol. The maximum atomic E-state index is 12.2. The van der Waals surface area contributed by atoms with Gasteiger partial charge in [-0.3, -0.25) is 18.6 Å². The second-order valence-electron chi connectivity index (χ2n) is 11.1. The van der Waals surface area contributed by atoms with Gasteiger partial charge in [0.15, 0.2) is 0 Å². The number of nitrogens with two attached hydrogens (primary N) is 1. The molecule has 42 heavy (non-hydrogen) atoms. The molecule has 2 aliphatic rings. The molecule has 1 saturated heterocycles. The quantitative estimate of drug-likeness (QED) is 0.0781. The van der Waals surface area contributed by atoms with E-state index >= 15 is 0 Å². The zero-order valence-electron chi connectivity index (χ0n) is 23.9. The summed E-state index contributed by atoms with van der Waals surface area (Å²) in [5.74, 6) is -1.02. The number of hydrogen-bond donors (Lipinski definition) is 6. The third-order valence-corrected chi connectivity index (χ3v) is 10.6. The molecule has 0 bridgehead atoms. The lowest BCUT2D eigenvalue weighted by atomic mass is 9.84. The van der Waals surface area contributed by atoms with Gasteiger partial charge in [0.2, 0.25) is 5.91 Å². The molecule has 7 N–H and O–H groups in total.